The fourth-order valence-corrected chi connectivity index (χ4v) is 10.5. The van der Waals surface area contributed by atoms with Crippen LogP contribution in [0.3, 0.4) is 0 Å². The van der Waals surface area contributed by atoms with Crippen molar-refractivity contribution in [3.63, 3.8) is 0 Å². The van der Waals surface area contributed by atoms with Crippen molar-refractivity contribution in [1.82, 2.24) is 9.13 Å². The van der Waals surface area contributed by atoms with Gasteiger partial charge in [-0.3, -0.25) is 0 Å². The summed E-state index contributed by atoms with van der Waals surface area (Å²) >= 11 is 0. The number of aromatic nitrogens is 2. The minimum absolute atomic E-state index is 0.110. The zero-order valence-electron chi connectivity index (χ0n) is 38.1. The molecule has 10 aromatic rings. The summed E-state index contributed by atoms with van der Waals surface area (Å²) in [5.41, 5.74) is 7.21. The van der Waals surface area contributed by atoms with Crippen LogP contribution in [0.4, 0.5) is 0 Å². The Bertz CT molecular complexity index is 4120. The summed E-state index contributed by atoms with van der Waals surface area (Å²) in [6, 6.07) is 19.1. The topological polar surface area (TPSA) is 282 Å². The molecule has 2 aliphatic rings. The van der Waals surface area contributed by atoms with E-state index in [1.165, 1.54) is 61.7 Å². The predicted molar refractivity (Wildman–Crippen MR) is 262 cm³/mol. The van der Waals surface area contributed by atoms with E-state index in [1.54, 1.807) is 42.7 Å². The van der Waals surface area contributed by atoms with Crippen molar-refractivity contribution < 1.29 is 64.6 Å². The summed E-state index contributed by atoms with van der Waals surface area (Å²) < 4.78 is 20.0. The van der Waals surface area contributed by atoms with Gasteiger partial charge in [-0.1, -0.05) is 12.1 Å². The van der Waals surface area contributed by atoms with Gasteiger partial charge in [-0.25, -0.2) is 9.59 Å². The monoisotopic (exact) mass is 958 g/mol. The highest BCUT2D eigenvalue weighted by Gasteiger charge is 2.34. The van der Waals surface area contributed by atoms with Crippen LogP contribution >= 0.6 is 0 Å². The summed E-state index contributed by atoms with van der Waals surface area (Å²) in [5, 5.41) is 104. The van der Waals surface area contributed by atoms with Gasteiger partial charge in [0, 0.05) is 68.5 Å². The van der Waals surface area contributed by atoms with E-state index in [0.717, 1.165) is 11.1 Å². The van der Waals surface area contributed by atoms with Crippen molar-refractivity contribution in [1.29, 1.82) is 0 Å². The van der Waals surface area contributed by atoms with E-state index in [2.05, 4.69) is 0 Å². The highest BCUT2D eigenvalue weighted by atomic mass is 16.5. The van der Waals surface area contributed by atoms with E-state index >= 15 is 0 Å². The molecule has 71 heavy (non-hydrogen) atoms. The molecule has 1 atom stereocenters. The molecule has 12 rings (SSSR count). The van der Waals surface area contributed by atoms with Crippen molar-refractivity contribution in [2.75, 3.05) is 7.11 Å². The van der Waals surface area contributed by atoms with Gasteiger partial charge in [0.2, 0.25) is 0 Å². The second-order valence-electron chi connectivity index (χ2n) is 18.0. The van der Waals surface area contributed by atoms with Gasteiger partial charge >= 0.3 is 11.3 Å². The Labute approximate surface area is 399 Å². The summed E-state index contributed by atoms with van der Waals surface area (Å²) in [7, 11) is 1.39. The number of fused-ring (bicyclic) bond motifs is 14. The number of methoxy groups -OCH3 is 1. The Kier molecular flexibility index (Phi) is 9.68. The minimum atomic E-state index is -0.612. The van der Waals surface area contributed by atoms with Crippen LogP contribution in [0.2, 0.25) is 0 Å². The number of nitrogens with zero attached hydrogens (tertiary/aromatic N) is 2. The molecule has 0 saturated heterocycles. The number of benzene rings is 6. The molecular formula is C54H42N2O15. The number of hydrogen-bond donors (Lipinski definition) is 10. The second kappa shape index (κ2) is 15.6. The third-order valence-corrected chi connectivity index (χ3v) is 13.8. The molecule has 6 aromatic carbocycles. The van der Waals surface area contributed by atoms with E-state index in [9.17, 15) is 60.7 Å². The van der Waals surface area contributed by atoms with E-state index in [0.29, 0.717) is 96.8 Å². The number of phenolic OH excluding ortho intramolecular Hbond substituents is 10. The Balaban J connectivity index is 0.000000154. The molecule has 1 unspecified atom stereocenters. The molecule has 17 nitrogen and oxygen atoms in total. The zero-order chi connectivity index (χ0) is 50.2. The molecule has 0 amide bonds. The highest BCUT2D eigenvalue weighted by molar-refractivity contribution is 6.18. The lowest BCUT2D eigenvalue weighted by Gasteiger charge is -2.27. The lowest BCUT2D eigenvalue weighted by atomic mass is 9.89. The van der Waals surface area contributed by atoms with Crippen LogP contribution < -0.4 is 16.0 Å². The number of rotatable bonds is 3. The molecule has 6 heterocycles. The van der Waals surface area contributed by atoms with Gasteiger partial charge in [-0.05, 0) is 122 Å². The summed E-state index contributed by atoms with van der Waals surface area (Å²) in [6.45, 7) is 5.80. The van der Waals surface area contributed by atoms with Crippen LogP contribution in [0.15, 0.2) is 97.3 Å². The molecule has 17 heteroatoms. The number of aryl methyl sites for hydroxylation is 2. The predicted octanol–water partition coefficient (Wildman–Crippen LogP) is 9.52. The van der Waals surface area contributed by atoms with Crippen LogP contribution in [-0.2, 0) is 19.4 Å². The molecule has 10 N–H and O–H groups in total. The number of aromatic hydroxyl groups is 10. The first kappa shape index (κ1) is 44.1. The molecular weight excluding hydrogens is 917 g/mol. The van der Waals surface area contributed by atoms with E-state index in [1.807, 2.05) is 11.5 Å². The first-order valence-corrected chi connectivity index (χ1v) is 22.3. The third kappa shape index (κ3) is 6.46. The summed E-state index contributed by atoms with van der Waals surface area (Å²) in [6.07, 6.45) is 0.976. The van der Waals surface area contributed by atoms with Gasteiger partial charge in [0.1, 0.15) is 27.9 Å². The van der Waals surface area contributed by atoms with Crippen molar-refractivity contribution >= 4 is 43.7 Å². The molecule has 2 aliphatic heterocycles. The highest BCUT2D eigenvalue weighted by Crippen LogP contribution is 2.53. The molecule has 0 bridgehead atoms. The lowest BCUT2D eigenvalue weighted by Crippen LogP contribution is -2.18. The number of hydrogen-bond acceptors (Lipinski definition) is 15. The molecule has 4 aromatic heterocycles. The van der Waals surface area contributed by atoms with Crippen LogP contribution in [-0.4, -0.2) is 67.3 Å². The third-order valence-electron chi connectivity index (χ3n) is 13.8. The molecule has 0 saturated carbocycles. The Morgan fingerprint density at radius 1 is 0.577 bits per heavy atom. The first-order valence-electron chi connectivity index (χ1n) is 22.3. The normalized spacial score (nSPS) is 13.7. The Morgan fingerprint density at radius 3 is 1.83 bits per heavy atom. The van der Waals surface area contributed by atoms with Gasteiger partial charge in [0.25, 0.3) is 0 Å². The maximum absolute atomic E-state index is 13.3. The number of phenols is 10. The molecule has 0 aliphatic carbocycles. The smallest absolute Gasteiger partial charge is 0.361 e. The van der Waals surface area contributed by atoms with Crippen molar-refractivity contribution in [2.24, 2.45) is 0 Å². The molecule has 0 radical (unpaired) electrons. The van der Waals surface area contributed by atoms with E-state index in [4.69, 9.17) is 13.6 Å². The maximum Gasteiger partial charge on any atom is 0.361 e. The van der Waals surface area contributed by atoms with Crippen LogP contribution in [0.1, 0.15) is 35.2 Å². The fraction of sp³-hybridized carbons (Fsp3) is 0.148. The van der Waals surface area contributed by atoms with E-state index in [-0.39, 0.29) is 85.7 Å². The van der Waals surface area contributed by atoms with Crippen LogP contribution in [0.25, 0.3) is 88.5 Å². The van der Waals surface area contributed by atoms with E-state index < -0.39 is 17.0 Å². The van der Waals surface area contributed by atoms with Gasteiger partial charge in [0.15, 0.2) is 57.5 Å². The molecule has 358 valence electrons. The van der Waals surface area contributed by atoms with Gasteiger partial charge in [-0.2, -0.15) is 0 Å². The van der Waals surface area contributed by atoms with Crippen molar-refractivity contribution in [3.8, 4) is 108 Å². The van der Waals surface area contributed by atoms with Crippen LogP contribution in [0.5, 0.6) is 63.2 Å². The summed E-state index contributed by atoms with van der Waals surface area (Å²) in [5.74, 6) is -2.34. The zero-order valence-corrected chi connectivity index (χ0v) is 38.1. The van der Waals surface area contributed by atoms with Crippen molar-refractivity contribution in [3.05, 3.63) is 122 Å². The standard InChI is InChI=1S/C27H21NO8.C27H21NO7/c1-11-13-5-6-28-24(14(13)8-19(32)26(11)33)22(12-3-4-16(29)17(30)7-12)23-15-9-18(31)21(35-2)10-20(15)36-27(34)25(23)28;1-11-5-13(3-4-17(11)29)23-24-16-9-20(32)21(33)10-22(16)35-27(34)26(24)28-12(2)6-14-7-18(30)19(31)8-15(14)25(23)28/h3-4,7-10,29-33H,5-6H2,1-2H3;3-5,7-10,12,29-33H,6H2,1-2H3. The lowest BCUT2D eigenvalue weighted by molar-refractivity contribution is 0.373. The largest absolute Gasteiger partial charge is 0.508 e. The average Bonchev–Trinajstić information content (AvgIpc) is 3.89. The first-order chi connectivity index (χ1) is 33.9. The van der Waals surface area contributed by atoms with Gasteiger partial charge in [-0.15, -0.1) is 0 Å². The fourth-order valence-electron chi connectivity index (χ4n) is 10.5. The second-order valence-corrected chi connectivity index (χ2v) is 18.0. The van der Waals surface area contributed by atoms with Gasteiger partial charge in [0.05, 0.1) is 18.5 Å². The number of ether oxygens (including phenoxy) is 1. The van der Waals surface area contributed by atoms with Crippen molar-refractivity contribution in [2.45, 2.75) is 46.2 Å². The Morgan fingerprint density at radius 2 is 1.14 bits per heavy atom. The Hall–Kier alpha value is -9.38. The molecule has 0 fully saturated rings. The molecule has 0 spiro atoms. The SMILES string of the molecule is COc1cc2oc(=O)c3c(c(-c4ccc(O)c(O)c4)c4n3CCc3c-4cc(O)c(O)c3C)c2cc1O.Cc1cc(-c2c3n(c4c(=O)oc5cc(O)c(O)cc5c24)C(C)Cc2cc(O)c(O)cc2-3)ccc1O. The van der Waals surface area contributed by atoms with Crippen LogP contribution in [0, 0.1) is 13.8 Å². The van der Waals surface area contributed by atoms with Gasteiger partial charge < -0.3 is 73.8 Å². The quantitative estimate of drug-likeness (QED) is 0.0583. The maximum atomic E-state index is 13.3. The average molecular weight is 959 g/mol. The summed E-state index contributed by atoms with van der Waals surface area (Å²) in [4.78, 5) is 26.7. The minimum Gasteiger partial charge on any atom is -0.508 e.